The maximum atomic E-state index is 13.6. The van der Waals surface area contributed by atoms with Crippen LogP contribution in [0.2, 0.25) is 0 Å². The van der Waals surface area contributed by atoms with Crippen molar-refractivity contribution >= 4 is 0 Å². The molecule has 3 aromatic rings. The second-order valence-electron chi connectivity index (χ2n) is 10.0. The molecule has 198 valence electrons. The number of halogens is 4. The molecule has 1 unspecified atom stereocenters. The van der Waals surface area contributed by atoms with Gasteiger partial charge in [0.05, 0.1) is 30.1 Å². The second-order valence-corrected chi connectivity index (χ2v) is 10.0. The minimum absolute atomic E-state index is 0.00437. The summed E-state index contributed by atoms with van der Waals surface area (Å²) in [6.45, 7) is 3.43. The van der Waals surface area contributed by atoms with Gasteiger partial charge in [0.2, 0.25) is 5.82 Å². The number of imidazole rings is 1. The van der Waals surface area contributed by atoms with E-state index in [1.165, 1.54) is 24.4 Å². The first-order valence-electron chi connectivity index (χ1n) is 12.4. The Kier molecular flexibility index (Phi) is 6.74. The number of alkyl halides is 3. The van der Waals surface area contributed by atoms with Crippen LogP contribution in [0.3, 0.4) is 0 Å². The maximum Gasteiger partial charge on any atom is 0.450 e. The van der Waals surface area contributed by atoms with E-state index in [1.807, 2.05) is 13.8 Å². The van der Waals surface area contributed by atoms with Crippen LogP contribution in [0.1, 0.15) is 68.4 Å². The van der Waals surface area contributed by atoms with Crippen molar-refractivity contribution in [2.24, 2.45) is 0 Å². The van der Waals surface area contributed by atoms with Gasteiger partial charge in [0.15, 0.2) is 0 Å². The fourth-order valence-electron chi connectivity index (χ4n) is 5.87. The van der Waals surface area contributed by atoms with Crippen LogP contribution in [0.5, 0.6) is 5.75 Å². The first-order valence-corrected chi connectivity index (χ1v) is 12.4. The predicted octanol–water partition coefficient (Wildman–Crippen LogP) is 5.78. The van der Waals surface area contributed by atoms with Crippen molar-refractivity contribution in [2.75, 3.05) is 6.61 Å². The van der Waals surface area contributed by atoms with Gasteiger partial charge in [0.25, 0.3) is 0 Å². The number of pyridine rings is 1. The van der Waals surface area contributed by atoms with Crippen LogP contribution in [0, 0.1) is 5.82 Å². The molecule has 0 bridgehead atoms. The van der Waals surface area contributed by atoms with Crippen molar-refractivity contribution < 1.29 is 32.1 Å². The normalized spacial score (nSPS) is 25.9. The van der Waals surface area contributed by atoms with E-state index in [9.17, 15) is 22.7 Å². The number of hydrogen-bond acceptors (Lipinski definition) is 5. The van der Waals surface area contributed by atoms with E-state index in [0.29, 0.717) is 17.9 Å². The summed E-state index contributed by atoms with van der Waals surface area (Å²) in [5.41, 5.74) is 0.799. The molecule has 2 fully saturated rings. The number of aliphatic hydroxyl groups excluding tert-OH is 1. The molecule has 1 saturated carbocycles. The lowest BCUT2D eigenvalue weighted by Crippen LogP contribution is -2.32. The van der Waals surface area contributed by atoms with Gasteiger partial charge in [0, 0.05) is 24.2 Å². The van der Waals surface area contributed by atoms with Crippen LogP contribution >= 0.6 is 0 Å². The summed E-state index contributed by atoms with van der Waals surface area (Å²) in [5, 5.41) is 10.3. The van der Waals surface area contributed by atoms with Crippen molar-refractivity contribution in [2.45, 2.75) is 75.4 Å². The number of aliphatic hydroxyl groups is 1. The summed E-state index contributed by atoms with van der Waals surface area (Å²) < 4.78 is 67.7. The smallest absolute Gasteiger partial charge is 0.450 e. The molecule has 2 aliphatic rings. The van der Waals surface area contributed by atoms with Crippen LogP contribution in [0.15, 0.2) is 48.8 Å². The van der Waals surface area contributed by atoms with E-state index in [2.05, 4.69) is 9.97 Å². The van der Waals surface area contributed by atoms with Crippen LogP contribution in [-0.4, -0.2) is 44.1 Å². The Bertz CT molecular complexity index is 1240. The minimum atomic E-state index is -4.65. The van der Waals surface area contributed by atoms with E-state index in [4.69, 9.17) is 9.47 Å². The van der Waals surface area contributed by atoms with Gasteiger partial charge in [-0.2, -0.15) is 13.2 Å². The quantitative estimate of drug-likeness (QED) is 0.418. The molecule has 3 heterocycles. The van der Waals surface area contributed by atoms with Gasteiger partial charge in [0.1, 0.15) is 17.4 Å². The standard InChI is InChI=1S/C27H29F4N3O3/c1-16(2)36-21-9-10-23(34-13-12-32-25(34)27(29,30)31)33-24(21)19-14-26(37-22(19)15-35)11-3-4-20(26)17-5-7-18(28)8-6-17/h5-10,12-13,16,19-20,22,35H,3-4,11,14-15H2,1-2H3/t19-,20+,22?,26-/m1/s1. The molecule has 5 rings (SSSR count). The van der Waals surface area contributed by atoms with Gasteiger partial charge in [-0.15, -0.1) is 0 Å². The molecule has 37 heavy (non-hydrogen) atoms. The van der Waals surface area contributed by atoms with E-state index in [1.54, 1.807) is 18.2 Å². The molecule has 10 heteroatoms. The van der Waals surface area contributed by atoms with Crippen molar-refractivity contribution in [1.82, 2.24) is 14.5 Å². The zero-order chi connectivity index (χ0) is 26.4. The summed E-state index contributed by atoms with van der Waals surface area (Å²) in [6.07, 6.45) is -0.171. The van der Waals surface area contributed by atoms with Gasteiger partial charge in [-0.1, -0.05) is 12.1 Å². The van der Waals surface area contributed by atoms with Crippen molar-refractivity contribution in [1.29, 1.82) is 0 Å². The second kappa shape index (κ2) is 9.72. The number of rotatable bonds is 6. The Morgan fingerprint density at radius 2 is 1.95 bits per heavy atom. The minimum Gasteiger partial charge on any atom is -0.489 e. The molecular formula is C27H29F4N3O3. The molecule has 1 spiro atoms. The summed E-state index contributed by atoms with van der Waals surface area (Å²) >= 11 is 0. The molecule has 0 amide bonds. The SMILES string of the molecule is CC(C)Oc1ccc(-n2ccnc2C(F)(F)F)nc1[C@@H]1C[C@@]2(CCC[C@H]2c2ccc(F)cc2)OC1CO. The summed E-state index contributed by atoms with van der Waals surface area (Å²) in [5.74, 6) is -1.33. The average Bonchev–Trinajstić information content (AvgIpc) is 3.58. The summed E-state index contributed by atoms with van der Waals surface area (Å²) in [4.78, 5) is 8.12. The van der Waals surface area contributed by atoms with E-state index in [-0.39, 0.29) is 30.3 Å². The molecular weight excluding hydrogens is 490 g/mol. The molecule has 6 nitrogen and oxygen atoms in total. The molecule has 1 aliphatic carbocycles. The first-order chi connectivity index (χ1) is 17.6. The van der Waals surface area contributed by atoms with Crippen LogP contribution in [0.25, 0.3) is 5.82 Å². The van der Waals surface area contributed by atoms with E-state index < -0.39 is 29.6 Å². The fourth-order valence-corrected chi connectivity index (χ4v) is 5.87. The van der Waals surface area contributed by atoms with E-state index >= 15 is 0 Å². The lowest BCUT2D eigenvalue weighted by atomic mass is 9.79. The van der Waals surface area contributed by atoms with Crippen molar-refractivity contribution in [3.63, 3.8) is 0 Å². The lowest BCUT2D eigenvalue weighted by Gasteiger charge is -2.31. The van der Waals surface area contributed by atoms with Crippen molar-refractivity contribution in [3.05, 3.63) is 71.7 Å². The highest BCUT2D eigenvalue weighted by Crippen LogP contribution is 2.56. The molecule has 0 radical (unpaired) electrons. The topological polar surface area (TPSA) is 69.4 Å². The molecule has 1 aliphatic heterocycles. The van der Waals surface area contributed by atoms with Crippen LogP contribution in [-0.2, 0) is 10.9 Å². The van der Waals surface area contributed by atoms with Gasteiger partial charge in [-0.25, -0.2) is 14.4 Å². The molecule has 1 saturated heterocycles. The summed E-state index contributed by atoms with van der Waals surface area (Å²) in [6, 6.07) is 9.47. The third-order valence-electron chi connectivity index (χ3n) is 7.31. The number of aromatic nitrogens is 3. The highest BCUT2D eigenvalue weighted by molar-refractivity contribution is 5.40. The molecule has 4 atom stereocenters. The number of hydrogen-bond donors (Lipinski definition) is 1. The number of benzene rings is 1. The Morgan fingerprint density at radius 3 is 2.62 bits per heavy atom. The highest BCUT2D eigenvalue weighted by atomic mass is 19.4. The Morgan fingerprint density at radius 1 is 1.19 bits per heavy atom. The summed E-state index contributed by atoms with van der Waals surface area (Å²) in [7, 11) is 0. The number of nitrogens with zero attached hydrogens (tertiary/aromatic N) is 3. The van der Waals surface area contributed by atoms with Gasteiger partial charge >= 0.3 is 6.18 Å². The van der Waals surface area contributed by atoms with Gasteiger partial charge in [-0.3, -0.25) is 4.57 Å². The zero-order valence-electron chi connectivity index (χ0n) is 20.6. The highest BCUT2D eigenvalue weighted by Gasteiger charge is 2.54. The largest absolute Gasteiger partial charge is 0.489 e. The zero-order valence-corrected chi connectivity index (χ0v) is 20.6. The first kappa shape index (κ1) is 25.7. The molecule has 1 aromatic carbocycles. The Labute approximate surface area is 212 Å². The predicted molar refractivity (Wildman–Crippen MR) is 127 cm³/mol. The third kappa shape index (κ3) is 4.84. The van der Waals surface area contributed by atoms with Gasteiger partial charge in [-0.05, 0) is 69.4 Å². The maximum absolute atomic E-state index is 13.6. The third-order valence-corrected chi connectivity index (χ3v) is 7.31. The molecule has 1 N–H and O–H groups in total. The Balaban J connectivity index is 1.56. The van der Waals surface area contributed by atoms with Crippen molar-refractivity contribution in [3.8, 4) is 11.6 Å². The monoisotopic (exact) mass is 519 g/mol. The number of ether oxygens (including phenoxy) is 2. The lowest BCUT2D eigenvalue weighted by molar-refractivity contribution is -0.146. The van der Waals surface area contributed by atoms with Crippen LogP contribution < -0.4 is 4.74 Å². The molecule has 2 aromatic heterocycles. The van der Waals surface area contributed by atoms with E-state index in [0.717, 1.165) is 35.6 Å². The Hall–Kier alpha value is -2.98. The average molecular weight is 520 g/mol. The van der Waals surface area contributed by atoms with Crippen LogP contribution in [0.4, 0.5) is 17.6 Å². The van der Waals surface area contributed by atoms with Gasteiger partial charge < -0.3 is 14.6 Å². The fraction of sp³-hybridized carbons (Fsp3) is 0.481.